The number of aliphatic hydroxyl groups excluding tert-OH is 1. The molecule has 2 aliphatic rings. The number of halogens is 1. The van der Waals surface area contributed by atoms with E-state index in [1.807, 2.05) is 13.8 Å². The lowest BCUT2D eigenvalue weighted by molar-refractivity contribution is -0.132. The van der Waals surface area contributed by atoms with E-state index < -0.39 is 17.7 Å². The van der Waals surface area contributed by atoms with Crippen LogP contribution in [0, 0.1) is 0 Å². The number of anilines is 1. The van der Waals surface area contributed by atoms with Crippen LogP contribution in [0.3, 0.4) is 0 Å². The third-order valence-electron chi connectivity index (χ3n) is 6.96. The highest BCUT2D eigenvalue weighted by atomic mass is 35.5. The van der Waals surface area contributed by atoms with Crippen LogP contribution in [0.4, 0.5) is 5.13 Å². The van der Waals surface area contributed by atoms with Gasteiger partial charge in [-0.05, 0) is 73.5 Å². The fourth-order valence-electron chi connectivity index (χ4n) is 5.19. The molecule has 3 heterocycles. The van der Waals surface area contributed by atoms with Gasteiger partial charge in [0.1, 0.15) is 17.6 Å². The van der Waals surface area contributed by atoms with Crippen LogP contribution < -0.4 is 19.1 Å². The summed E-state index contributed by atoms with van der Waals surface area (Å²) in [5, 5.41) is 12.4. The molecule has 1 aromatic heterocycles. The number of thiazole rings is 1. The van der Waals surface area contributed by atoms with Crippen LogP contribution in [0.5, 0.6) is 17.2 Å². The molecular formula is C30H25ClN2O6S. The van der Waals surface area contributed by atoms with E-state index in [0.717, 1.165) is 16.0 Å². The van der Waals surface area contributed by atoms with Crippen molar-refractivity contribution in [1.82, 2.24) is 4.98 Å². The first-order chi connectivity index (χ1) is 19.3. The van der Waals surface area contributed by atoms with E-state index in [1.165, 1.54) is 23.3 Å². The molecule has 0 aliphatic carbocycles. The Hall–Kier alpha value is -4.08. The second-order valence-corrected chi connectivity index (χ2v) is 11.0. The molecule has 0 spiro atoms. The number of hydrogen-bond acceptors (Lipinski definition) is 8. The van der Waals surface area contributed by atoms with Crippen molar-refractivity contribution in [2.75, 3.05) is 18.6 Å². The number of nitrogens with zero attached hydrogens (tertiary/aromatic N) is 2. The van der Waals surface area contributed by atoms with Crippen molar-refractivity contribution >= 4 is 55.7 Å². The molecule has 8 nitrogen and oxygen atoms in total. The third-order valence-corrected chi connectivity index (χ3v) is 8.21. The molecule has 2 unspecified atom stereocenters. The number of carbonyl (C=O) groups excluding carboxylic acids is 2. The van der Waals surface area contributed by atoms with E-state index in [4.69, 9.17) is 25.8 Å². The Bertz CT molecular complexity index is 1710. The minimum Gasteiger partial charge on any atom is -0.507 e. The van der Waals surface area contributed by atoms with E-state index in [1.54, 1.807) is 54.6 Å². The van der Waals surface area contributed by atoms with E-state index in [0.29, 0.717) is 51.3 Å². The van der Waals surface area contributed by atoms with Crippen molar-refractivity contribution in [3.05, 3.63) is 81.9 Å². The Morgan fingerprint density at radius 2 is 1.98 bits per heavy atom. The number of ketones is 1. The number of benzene rings is 3. The van der Waals surface area contributed by atoms with E-state index in [-0.39, 0.29) is 17.4 Å². The number of amides is 1. The van der Waals surface area contributed by atoms with Crippen molar-refractivity contribution in [3.8, 4) is 17.2 Å². The monoisotopic (exact) mass is 576 g/mol. The smallest absolute Gasteiger partial charge is 0.301 e. The van der Waals surface area contributed by atoms with E-state index >= 15 is 0 Å². The topological polar surface area (TPSA) is 98.2 Å². The van der Waals surface area contributed by atoms with Gasteiger partial charge in [0.2, 0.25) is 0 Å². The number of ether oxygens (including phenoxy) is 3. The van der Waals surface area contributed by atoms with Crippen LogP contribution in [-0.4, -0.2) is 41.6 Å². The number of carbonyl (C=O) groups is 2. The number of fused-ring (bicyclic) bond motifs is 2. The first kappa shape index (κ1) is 26.2. The average molecular weight is 577 g/mol. The molecule has 0 radical (unpaired) electrons. The first-order valence-electron chi connectivity index (χ1n) is 12.8. The van der Waals surface area contributed by atoms with Gasteiger partial charge in [-0.1, -0.05) is 29.0 Å². The molecule has 10 heteroatoms. The Morgan fingerprint density at radius 3 is 2.75 bits per heavy atom. The normalized spacial score (nSPS) is 19.6. The van der Waals surface area contributed by atoms with Crippen LogP contribution in [-0.2, 0) is 16.0 Å². The Kier molecular flexibility index (Phi) is 6.64. The van der Waals surface area contributed by atoms with Crippen LogP contribution in [0.15, 0.2) is 60.2 Å². The minimum absolute atomic E-state index is 0.0156. The summed E-state index contributed by atoms with van der Waals surface area (Å²) < 4.78 is 17.8. The highest BCUT2D eigenvalue weighted by molar-refractivity contribution is 7.22. The maximum absolute atomic E-state index is 13.6. The van der Waals surface area contributed by atoms with Gasteiger partial charge in [0.15, 0.2) is 16.6 Å². The molecule has 3 aromatic carbocycles. The van der Waals surface area contributed by atoms with Crippen LogP contribution >= 0.6 is 22.9 Å². The third kappa shape index (κ3) is 4.35. The fourth-order valence-corrected chi connectivity index (χ4v) is 6.46. The molecule has 6 rings (SSSR count). The van der Waals surface area contributed by atoms with Crippen molar-refractivity contribution in [2.45, 2.75) is 32.4 Å². The summed E-state index contributed by atoms with van der Waals surface area (Å²) in [6.07, 6.45) is 0.695. The summed E-state index contributed by atoms with van der Waals surface area (Å²) in [5.41, 5.74) is 2.50. The molecule has 1 saturated heterocycles. The Labute approximate surface area is 239 Å². The van der Waals surface area contributed by atoms with Gasteiger partial charge in [-0.3, -0.25) is 14.5 Å². The Balaban J connectivity index is 1.55. The largest absolute Gasteiger partial charge is 0.507 e. The standard InChI is InChI=1S/C30H25ClN2O6S/c1-4-38-22-10-5-16(13-23(22)37-3)26-25(27(34)17-6-9-21-18(12-17)11-15(2)39-21)28(35)29(36)33(26)30-32-20-8-7-19(31)14-24(20)40-30/h5-10,12-15,26,34H,4,11H2,1-3H3/b27-25-. The minimum atomic E-state index is -0.968. The molecule has 1 fully saturated rings. The number of hydrogen-bond donors (Lipinski definition) is 1. The second-order valence-electron chi connectivity index (χ2n) is 9.58. The molecule has 2 aliphatic heterocycles. The number of Topliss-reactive ketones (excluding diaryl/α,β-unsaturated/α-hetero) is 1. The van der Waals surface area contributed by atoms with Gasteiger partial charge in [0.25, 0.3) is 5.78 Å². The maximum atomic E-state index is 13.6. The molecule has 1 N–H and O–H groups in total. The van der Waals surface area contributed by atoms with Gasteiger partial charge in [-0.25, -0.2) is 4.98 Å². The van der Waals surface area contributed by atoms with Gasteiger partial charge in [0.05, 0.1) is 35.5 Å². The number of rotatable bonds is 6. The van der Waals surface area contributed by atoms with Gasteiger partial charge >= 0.3 is 5.91 Å². The van der Waals surface area contributed by atoms with Crippen LogP contribution in [0.25, 0.3) is 16.0 Å². The summed E-state index contributed by atoms with van der Waals surface area (Å²) in [7, 11) is 1.52. The van der Waals surface area contributed by atoms with Crippen LogP contribution in [0.1, 0.15) is 36.6 Å². The SMILES string of the molecule is CCOc1ccc(C2/C(=C(/O)c3ccc4c(c3)CC(C)O4)C(=O)C(=O)N2c2nc3ccc(Cl)cc3s2)cc1OC. The van der Waals surface area contributed by atoms with Crippen molar-refractivity contribution in [3.63, 3.8) is 0 Å². The predicted octanol–water partition coefficient (Wildman–Crippen LogP) is 6.31. The zero-order valence-electron chi connectivity index (χ0n) is 21.9. The zero-order chi connectivity index (χ0) is 28.1. The lowest BCUT2D eigenvalue weighted by Gasteiger charge is -2.24. The summed E-state index contributed by atoms with van der Waals surface area (Å²) in [4.78, 5) is 33.2. The molecule has 2 atom stereocenters. The second kappa shape index (κ2) is 10.1. The number of aliphatic hydroxyl groups is 1. The Morgan fingerprint density at radius 1 is 1.15 bits per heavy atom. The van der Waals surface area contributed by atoms with Crippen molar-refractivity contribution in [1.29, 1.82) is 0 Å². The van der Waals surface area contributed by atoms with E-state index in [2.05, 4.69) is 4.98 Å². The lowest BCUT2D eigenvalue weighted by atomic mass is 9.94. The van der Waals surface area contributed by atoms with Gasteiger partial charge in [-0.2, -0.15) is 0 Å². The number of methoxy groups -OCH3 is 1. The molecule has 204 valence electrons. The molecular weight excluding hydrogens is 552 g/mol. The van der Waals surface area contributed by atoms with Crippen molar-refractivity contribution < 1.29 is 28.9 Å². The summed E-state index contributed by atoms with van der Waals surface area (Å²) in [6, 6.07) is 14.7. The van der Waals surface area contributed by atoms with Crippen LogP contribution in [0.2, 0.25) is 5.02 Å². The summed E-state index contributed by atoms with van der Waals surface area (Å²) in [6.45, 7) is 4.27. The van der Waals surface area contributed by atoms with Gasteiger partial charge in [-0.15, -0.1) is 0 Å². The molecule has 0 saturated carbocycles. The molecule has 0 bridgehead atoms. The highest BCUT2D eigenvalue weighted by Crippen LogP contribution is 2.46. The van der Waals surface area contributed by atoms with Crippen molar-refractivity contribution in [2.24, 2.45) is 0 Å². The summed E-state index contributed by atoms with van der Waals surface area (Å²) >= 11 is 7.43. The predicted molar refractivity (Wildman–Crippen MR) is 154 cm³/mol. The lowest BCUT2D eigenvalue weighted by Crippen LogP contribution is -2.29. The number of aromatic nitrogens is 1. The van der Waals surface area contributed by atoms with Gasteiger partial charge < -0.3 is 19.3 Å². The van der Waals surface area contributed by atoms with Gasteiger partial charge in [0, 0.05) is 17.0 Å². The first-order valence-corrected chi connectivity index (χ1v) is 14.0. The molecule has 4 aromatic rings. The summed E-state index contributed by atoms with van der Waals surface area (Å²) in [5.74, 6) is -0.172. The highest BCUT2D eigenvalue weighted by Gasteiger charge is 2.48. The average Bonchev–Trinajstić information content (AvgIpc) is 3.60. The molecule has 1 amide bonds. The fraction of sp³-hybridized carbons (Fsp3) is 0.233. The van der Waals surface area contributed by atoms with E-state index in [9.17, 15) is 14.7 Å². The quantitative estimate of drug-likeness (QED) is 0.163. The maximum Gasteiger partial charge on any atom is 0.301 e. The molecule has 40 heavy (non-hydrogen) atoms. The zero-order valence-corrected chi connectivity index (χ0v) is 23.5.